The second-order valence-corrected chi connectivity index (χ2v) is 6.09. The van der Waals surface area contributed by atoms with Gasteiger partial charge < -0.3 is 9.29 Å². The molecule has 0 aliphatic rings. The third kappa shape index (κ3) is 3.49. The molecule has 1 aromatic carbocycles. The summed E-state index contributed by atoms with van der Waals surface area (Å²) in [5, 5.41) is 1.77. The number of rotatable bonds is 6. The second-order valence-electron chi connectivity index (χ2n) is 4.50. The minimum absolute atomic E-state index is 0.102. The predicted molar refractivity (Wildman–Crippen MR) is 62.8 cm³/mol. The fourth-order valence-electron chi connectivity index (χ4n) is 1.35. The van der Waals surface area contributed by atoms with Crippen LogP contribution in [0.15, 0.2) is 24.3 Å². The van der Waals surface area contributed by atoms with Crippen LogP contribution in [0.25, 0.3) is 0 Å². The number of alkyl halides is 9. The Labute approximate surface area is 133 Å². The van der Waals surface area contributed by atoms with E-state index < -0.39 is 45.8 Å². The Kier molecular flexibility index (Phi) is 5.32. The third-order valence-electron chi connectivity index (χ3n) is 2.74. The maximum absolute atomic E-state index is 13.4. The van der Waals surface area contributed by atoms with Crippen LogP contribution in [-0.4, -0.2) is 36.8 Å². The molecule has 0 amide bonds. The average molecular weight is 406 g/mol. The molecule has 0 aromatic heterocycles. The summed E-state index contributed by atoms with van der Waals surface area (Å²) in [5.41, 5.74) is 0.102. The van der Waals surface area contributed by atoms with Crippen LogP contribution in [0, 0.1) is 0 Å². The van der Waals surface area contributed by atoms with Crippen molar-refractivity contribution in [3.8, 4) is 5.75 Å². The Morgan fingerprint density at radius 3 is 1.64 bits per heavy atom. The number of benzene rings is 1. The fourth-order valence-corrected chi connectivity index (χ4v) is 2.26. The van der Waals surface area contributed by atoms with Gasteiger partial charge in [0.15, 0.2) is 0 Å². The lowest BCUT2D eigenvalue weighted by molar-refractivity contribution is -0.382. The van der Waals surface area contributed by atoms with Gasteiger partial charge in [0.2, 0.25) is 0 Å². The average Bonchev–Trinajstić information content (AvgIpc) is 2.45. The van der Waals surface area contributed by atoms with Crippen molar-refractivity contribution >= 4 is 10.1 Å². The van der Waals surface area contributed by atoms with Gasteiger partial charge in [-0.3, -0.25) is 0 Å². The van der Waals surface area contributed by atoms with Crippen LogP contribution in [0.2, 0.25) is 0 Å². The van der Waals surface area contributed by atoms with Crippen LogP contribution in [0.4, 0.5) is 39.5 Å². The van der Waals surface area contributed by atoms with E-state index in [2.05, 4.69) is 4.18 Å². The molecule has 0 saturated carbocycles. The number of halogens is 9. The van der Waals surface area contributed by atoms with Gasteiger partial charge in [0.1, 0.15) is 5.75 Å². The molecule has 0 radical (unpaired) electrons. The smallest absolute Gasteiger partial charge is 0.392 e. The van der Waals surface area contributed by atoms with Gasteiger partial charge in [0.25, 0.3) is 0 Å². The van der Waals surface area contributed by atoms with E-state index in [9.17, 15) is 47.9 Å². The van der Waals surface area contributed by atoms with Gasteiger partial charge >= 0.3 is 33.4 Å². The number of aliphatic hydroxyl groups excluding tert-OH is 1. The number of hydrogen-bond acceptors (Lipinski definition) is 4. The molecule has 144 valence electrons. The van der Waals surface area contributed by atoms with E-state index >= 15 is 0 Å². The van der Waals surface area contributed by atoms with Crippen LogP contribution in [0.5, 0.6) is 5.75 Å². The minimum Gasteiger partial charge on any atom is -0.392 e. The van der Waals surface area contributed by atoms with Crippen molar-refractivity contribution in [1.29, 1.82) is 0 Å². The van der Waals surface area contributed by atoms with Crippen molar-refractivity contribution in [3.05, 3.63) is 29.8 Å². The molecule has 0 spiro atoms. The summed E-state index contributed by atoms with van der Waals surface area (Å²) >= 11 is 0. The van der Waals surface area contributed by atoms with E-state index in [1.54, 1.807) is 0 Å². The van der Waals surface area contributed by atoms with Crippen LogP contribution in [-0.2, 0) is 16.7 Å². The van der Waals surface area contributed by atoms with Crippen molar-refractivity contribution in [3.63, 3.8) is 0 Å². The molecule has 0 fully saturated rings. The van der Waals surface area contributed by atoms with Gasteiger partial charge in [0, 0.05) is 0 Å². The first kappa shape index (κ1) is 21.3. The first-order chi connectivity index (χ1) is 11.0. The Bertz CT molecular complexity index is 710. The van der Waals surface area contributed by atoms with E-state index in [0.717, 1.165) is 12.1 Å². The van der Waals surface area contributed by atoms with Gasteiger partial charge in [-0.2, -0.15) is 47.9 Å². The highest BCUT2D eigenvalue weighted by Crippen LogP contribution is 2.54. The van der Waals surface area contributed by atoms with Gasteiger partial charge in [-0.25, -0.2) is 0 Å². The highest BCUT2D eigenvalue weighted by Gasteiger charge is 2.86. The Morgan fingerprint density at radius 2 is 1.28 bits per heavy atom. The highest BCUT2D eigenvalue weighted by atomic mass is 32.2. The van der Waals surface area contributed by atoms with Crippen LogP contribution < -0.4 is 4.18 Å². The molecule has 0 unspecified atom stereocenters. The molecule has 1 rings (SSSR count). The van der Waals surface area contributed by atoms with Crippen LogP contribution >= 0.6 is 0 Å². The largest absolute Gasteiger partial charge is 0.460 e. The van der Waals surface area contributed by atoms with Gasteiger partial charge in [0.05, 0.1) is 6.61 Å². The summed E-state index contributed by atoms with van der Waals surface area (Å²) in [7, 11) is -6.96. The Hall–Kier alpha value is -1.70. The predicted octanol–water partition coefficient (Wildman–Crippen LogP) is 3.31. The molecule has 14 heteroatoms. The zero-order chi connectivity index (χ0) is 19.9. The Morgan fingerprint density at radius 1 is 0.840 bits per heavy atom. The maximum Gasteiger partial charge on any atom is 0.460 e. The van der Waals surface area contributed by atoms with Crippen molar-refractivity contribution in [2.45, 2.75) is 29.9 Å². The van der Waals surface area contributed by atoms with Gasteiger partial charge in [-0.15, -0.1) is 0 Å². The lowest BCUT2D eigenvalue weighted by Crippen LogP contribution is -2.63. The summed E-state index contributed by atoms with van der Waals surface area (Å²) in [5.74, 6) is -15.8. The first-order valence-corrected chi connectivity index (χ1v) is 7.26. The molecule has 0 bridgehead atoms. The van der Waals surface area contributed by atoms with Crippen molar-refractivity contribution in [2.75, 3.05) is 0 Å². The topological polar surface area (TPSA) is 63.6 Å². The summed E-state index contributed by atoms with van der Waals surface area (Å²) in [6.07, 6.45) is -7.15. The normalized spacial score (nSPS) is 14.5. The lowest BCUT2D eigenvalue weighted by Gasteiger charge is -2.32. The van der Waals surface area contributed by atoms with Gasteiger partial charge in [-0.05, 0) is 17.7 Å². The standard InChI is InChI=1S/C11H7F9O4S/c12-8(13,10(16,17)18)9(14,15)11(19,20)25(22,23)24-7-3-1-6(5-21)2-4-7/h1-4,21H,5H2. The van der Waals surface area contributed by atoms with Crippen molar-refractivity contribution < 1.29 is 57.2 Å². The van der Waals surface area contributed by atoms with Crippen molar-refractivity contribution in [1.82, 2.24) is 0 Å². The molecule has 25 heavy (non-hydrogen) atoms. The highest BCUT2D eigenvalue weighted by molar-refractivity contribution is 7.88. The molecule has 4 nitrogen and oxygen atoms in total. The van der Waals surface area contributed by atoms with Crippen molar-refractivity contribution in [2.24, 2.45) is 0 Å². The molecule has 0 aliphatic carbocycles. The quantitative estimate of drug-likeness (QED) is 0.582. The zero-order valence-corrected chi connectivity index (χ0v) is 12.3. The Balaban J connectivity index is 3.29. The maximum atomic E-state index is 13.4. The van der Waals surface area contributed by atoms with E-state index in [4.69, 9.17) is 5.11 Å². The molecule has 0 heterocycles. The second kappa shape index (κ2) is 6.23. The number of hydrogen-bond donors (Lipinski definition) is 1. The van der Waals surface area contributed by atoms with Gasteiger partial charge in [-0.1, -0.05) is 12.1 Å². The summed E-state index contributed by atoms with van der Waals surface area (Å²) < 4.78 is 140. The summed E-state index contributed by atoms with van der Waals surface area (Å²) in [4.78, 5) is 0. The molecule has 0 aliphatic heterocycles. The van der Waals surface area contributed by atoms with Crippen LogP contribution in [0.1, 0.15) is 5.56 Å². The van der Waals surface area contributed by atoms with E-state index in [1.165, 1.54) is 0 Å². The van der Waals surface area contributed by atoms with E-state index in [-0.39, 0.29) is 5.56 Å². The zero-order valence-electron chi connectivity index (χ0n) is 11.5. The molecule has 0 atom stereocenters. The SMILES string of the molecule is O=S(=O)(Oc1ccc(CO)cc1)C(F)(F)C(F)(F)C(F)(F)C(F)(F)F. The third-order valence-corrected chi connectivity index (χ3v) is 4.04. The first-order valence-electron chi connectivity index (χ1n) is 5.85. The molecule has 1 N–H and O–H groups in total. The number of aliphatic hydroxyl groups is 1. The summed E-state index contributed by atoms with van der Waals surface area (Å²) in [6.45, 7) is -0.584. The molecule has 0 saturated heterocycles. The van der Waals surface area contributed by atoms with E-state index in [0.29, 0.717) is 12.1 Å². The summed E-state index contributed by atoms with van der Waals surface area (Å²) in [6, 6.07) is 2.95. The lowest BCUT2D eigenvalue weighted by atomic mass is 10.1. The minimum atomic E-state index is -7.36. The monoisotopic (exact) mass is 406 g/mol. The molecular weight excluding hydrogens is 399 g/mol. The van der Waals surface area contributed by atoms with Crippen LogP contribution in [0.3, 0.4) is 0 Å². The molecule has 1 aromatic rings. The van der Waals surface area contributed by atoms with E-state index in [1.807, 2.05) is 0 Å². The molecular formula is C11H7F9O4S. The fraction of sp³-hybridized carbons (Fsp3) is 0.455.